The lowest BCUT2D eigenvalue weighted by molar-refractivity contribution is -0.386. The maximum atomic E-state index is 10.7. The summed E-state index contributed by atoms with van der Waals surface area (Å²) in [4.78, 5) is 13.8. The van der Waals surface area contributed by atoms with Gasteiger partial charge in [-0.3, -0.25) is 15.1 Å². The van der Waals surface area contributed by atoms with E-state index in [1.54, 1.807) is 12.1 Å². The SMILES string of the molecule is O=[N+]([O-])c1cnccc1Oc1cccc(O)c1. The molecule has 1 heterocycles. The van der Waals surface area contributed by atoms with Crippen LogP contribution < -0.4 is 4.74 Å². The van der Waals surface area contributed by atoms with E-state index in [1.165, 1.54) is 24.4 Å². The van der Waals surface area contributed by atoms with Crippen molar-refractivity contribution in [2.45, 2.75) is 0 Å². The van der Waals surface area contributed by atoms with Gasteiger partial charge in [0.1, 0.15) is 17.7 Å². The Hall–Kier alpha value is -2.63. The summed E-state index contributed by atoms with van der Waals surface area (Å²) in [5, 5.41) is 20.0. The average Bonchev–Trinajstić information content (AvgIpc) is 2.29. The van der Waals surface area contributed by atoms with Crippen molar-refractivity contribution in [2.24, 2.45) is 0 Å². The lowest BCUT2D eigenvalue weighted by atomic mass is 10.3. The quantitative estimate of drug-likeness (QED) is 0.649. The van der Waals surface area contributed by atoms with Crippen molar-refractivity contribution in [1.29, 1.82) is 0 Å². The van der Waals surface area contributed by atoms with Crippen molar-refractivity contribution in [3.63, 3.8) is 0 Å². The fraction of sp³-hybridized carbons (Fsp3) is 0. The Balaban J connectivity index is 2.33. The highest BCUT2D eigenvalue weighted by Gasteiger charge is 2.15. The smallest absolute Gasteiger partial charge is 0.329 e. The molecule has 0 saturated carbocycles. The molecule has 6 heteroatoms. The van der Waals surface area contributed by atoms with Crippen LogP contribution in [0.15, 0.2) is 42.7 Å². The van der Waals surface area contributed by atoms with Crippen LogP contribution in [0.3, 0.4) is 0 Å². The predicted octanol–water partition coefficient (Wildman–Crippen LogP) is 2.49. The summed E-state index contributed by atoms with van der Waals surface area (Å²) in [7, 11) is 0. The van der Waals surface area contributed by atoms with Crippen molar-refractivity contribution in [2.75, 3.05) is 0 Å². The molecule has 0 atom stereocenters. The number of nitro groups is 1. The number of aromatic hydroxyl groups is 1. The Morgan fingerprint density at radius 2 is 2.18 bits per heavy atom. The van der Waals surface area contributed by atoms with Gasteiger partial charge in [-0.1, -0.05) is 6.07 Å². The molecular weight excluding hydrogens is 224 g/mol. The minimum absolute atomic E-state index is 0.0270. The highest BCUT2D eigenvalue weighted by molar-refractivity contribution is 5.46. The van der Waals surface area contributed by atoms with Crippen LogP contribution in [0.1, 0.15) is 0 Å². The van der Waals surface area contributed by atoms with Gasteiger partial charge in [-0.15, -0.1) is 0 Å². The van der Waals surface area contributed by atoms with Crippen LogP contribution in [0, 0.1) is 10.1 Å². The highest BCUT2D eigenvalue weighted by Crippen LogP contribution is 2.31. The maximum absolute atomic E-state index is 10.7. The summed E-state index contributed by atoms with van der Waals surface area (Å²) in [6, 6.07) is 7.40. The van der Waals surface area contributed by atoms with Crippen molar-refractivity contribution < 1.29 is 14.8 Å². The fourth-order valence-corrected chi connectivity index (χ4v) is 1.27. The summed E-state index contributed by atoms with van der Waals surface area (Å²) in [5.74, 6) is 0.425. The Bertz CT molecular complexity index is 557. The molecule has 0 fully saturated rings. The highest BCUT2D eigenvalue weighted by atomic mass is 16.6. The van der Waals surface area contributed by atoms with E-state index >= 15 is 0 Å². The van der Waals surface area contributed by atoms with Crippen molar-refractivity contribution in [3.05, 3.63) is 52.8 Å². The third kappa shape index (κ3) is 2.49. The number of hydrogen-bond donors (Lipinski definition) is 1. The molecule has 0 saturated heterocycles. The van der Waals surface area contributed by atoms with Crippen LogP contribution in [0.5, 0.6) is 17.2 Å². The van der Waals surface area contributed by atoms with E-state index in [0.29, 0.717) is 5.75 Å². The summed E-state index contributed by atoms with van der Waals surface area (Å²) in [6.45, 7) is 0. The molecule has 1 aromatic carbocycles. The molecule has 2 rings (SSSR count). The molecule has 0 unspecified atom stereocenters. The molecule has 86 valence electrons. The number of nitrogens with zero attached hydrogens (tertiary/aromatic N) is 2. The summed E-state index contributed by atoms with van der Waals surface area (Å²) < 4.78 is 5.31. The van der Waals surface area contributed by atoms with Gasteiger partial charge in [-0.2, -0.15) is 0 Å². The second-order valence-corrected chi connectivity index (χ2v) is 3.20. The van der Waals surface area contributed by atoms with E-state index in [0.717, 1.165) is 6.20 Å². The first-order valence-electron chi connectivity index (χ1n) is 4.72. The third-order valence-corrected chi connectivity index (χ3v) is 2.00. The van der Waals surface area contributed by atoms with Gasteiger partial charge in [0.2, 0.25) is 5.75 Å². The van der Waals surface area contributed by atoms with Crippen molar-refractivity contribution >= 4 is 5.69 Å². The number of phenols is 1. The Labute approximate surface area is 96.3 Å². The maximum Gasteiger partial charge on any atom is 0.329 e. The van der Waals surface area contributed by atoms with Gasteiger partial charge in [0, 0.05) is 18.3 Å². The van der Waals surface area contributed by atoms with Crippen LogP contribution in [0.25, 0.3) is 0 Å². The second kappa shape index (κ2) is 4.48. The summed E-state index contributed by atoms with van der Waals surface area (Å²) in [5.41, 5.74) is -0.226. The van der Waals surface area contributed by atoms with Crippen LogP contribution >= 0.6 is 0 Å². The van der Waals surface area contributed by atoms with Crippen LogP contribution in [-0.2, 0) is 0 Å². The second-order valence-electron chi connectivity index (χ2n) is 3.20. The molecule has 2 aromatic rings. The average molecular weight is 232 g/mol. The van der Waals surface area contributed by atoms with E-state index in [9.17, 15) is 15.2 Å². The van der Waals surface area contributed by atoms with Gasteiger partial charge in [0.05, 0.1) is 4.92 Å². The first-order valence-corrected chi connectivity index (χ1v) is 4.72. The Morgan fingerprint density at radius 3 is 2.88 bits per heavy atom. The molecule has 1 N–H and O–H groups in total. The minimum atomic E-state index is -0.578. The molecule has 0 aliphatic rings. The standard InChI is InChI=1S/C11H8N2O4/c14-8-2-1-3-9(6-8)17-11-4-5-12-7-10(11)13(15)16/h1-7,14H. The third-order valence-electron chi connectivity index (χ3n) is 2.00. The molecule has 0 aliphatic carbocycles. The van der Waals surface area contributed by atoms with E-state index in [4.69, 9.17) is 4.74 Å². The number of aromatic nitrogens is 1. The number of pyridine rings is 1. The largest absolute Gasteiger partial charge is 0.508 e. The van der Waals surface area contributed by atoms with Gasteiger partial charge >= 0.3 is 5.69 Å². The van der Waals surface area contributed by atoms with E-state index < -0.39 is 4.92 Å². The normalized spacial score (nSPS) is 9.88. The number of phenolic OH excluding ortho intramolecular Hbond substituents is 1. The molecule has 0 aliphatic heterocycles. The van der Waals surface area contributed by atoms with E-state index in [2.05, 4.69) is 4.98 Å². The number of benzene rings is 1. The molecule has 0 radical (unpaired) electrons. The Morgan fingerprint density at radius 1 is 1.35 bits per heavy atom. The van der Waals surface area contributed by atoms with Gasteiger partial charge in [-0.05, 0) is 12.1 Å². The lowest BCUT2D eigenvalue weighted by Crippen LogP contribution is -1.93. The molecule has 0 amide bonds. The van der Waals surface area contributed by atoms with Crippen LogP contribution in [-0.4, -0.2) is 15.0 Å². The van der Waals surface area contributed by atoms with Gasteiger partial charge in [0.25, 0.3) is 0 Å². The first kappa shape index (κ1) is 10.9. The minimum Gasteiger partial charge on any atom is -0.508 e. The molecular formula is C11H8N2O4. The summed E-state index contributed by atoms with van der Waals surface area (Å²) in [6.07, 6.45) is 2.50. The van der Waals surface area contributed by atoms with Gasteiger partial charge < -0.3 is 9.84 Å². The number of hydrogen-bond acceptors (Lipinski definition) is 5. The number of ether oxygens (including phenoxy) is 1. The first-order chi connectivity index (χ1) is 8.16. The zero-order valence-corrected chi connectivity index (χ0v) is 8.61. The monoisotopic (exact) mass is 232 g/mol. The van der Waals surface area contributed by atoms with Crippen molar-refractivity contribution in [3.8, 4) is 17.2 Å². The topological polar surface area (TPSA) is 85.5 Å². The van der Waals surface area contributed by atoms with E-state index in [1.807, 2.05) is 0 Å². The molecule has 0 spiro atoms. The predicted molar refractivity (Wildman–Crippen MR) is 59.1 cm³/mol. The Kier molecular flexibility index (Phi) is 2.87. The van der Waals surface area contributed by atoms with Gasteiger partial charge in [-0.25, -0.2) is 0 Å². The van der Waals surface area contributed by atoms with Crippen LogP contribution in [0.2, 0.25) is 0 Å². The van der Waals surface area contributed by atoms with Crippen molar-refractivity contribution in [1.82, 2.24) is 4.98 Å². The molecule has 6 nitrogen and oxygen atoms in total. The zero-order chi connectivity index (χ0) is 12.3. The molecule has 17 heavy (non-hydrogen) atoms. The van der Waals surface area contributed by atoms with Gasteiger partial charge in [0.15, 0.2) is 0 Å². The van der Waals surface area contributed by atoms with Crippen LogP contribution in [0.4, 0.5) is 5.69 Å². The molecule has 0 bridgehead atoms. The van der Waals surface area contributed by atoms with E-state index in [-0.39, 0.29) is 17.2 Å². The summed E-state index contributed by atoms with van der Waals surface area (Å²) >= 11 is 0. The number of rotatable bonds is 3. The zero-order valence-electron chi connectivity index (χ0n) is 8.61. The lowest BCUT2D eigenvalue weighted by Gasteiger charge is -2.05. The molecule has 1 aromatic heterocycles. The fourth-order valence-electron chi connectivity index (χ4n) is 1.27.